The molecular formula is C17H11BrClNO2S2. The Morgan fingerprint density at radius 2 is 2.04 bits per heavy atom. The number of rotatable bonds is 4. The van der Waals surface area contributed by atoms with Crippen molar-refractivity contribution in [3.8, 4) is 5.75 Å². The van der Waals surface area contributed by atoms with Crippen LogP contribution < -0.4 is 10.1 Å². The molecule has 1 amide bonds. The Morgan fingerprint density at radius 1 is 1.29 bits per heavy atom. The standard InChI is InChI=1S/C17H11BrClNO2S2/c18-13-8-12(19)6-11(7-14-16(21)20-17(23)24-14)15(13)22-9-10-4-2-1-3-5-10/h1-8H,9H2,(H,20,21,23). The molecule has 0 saturated carbocycles. The average Bonchev–Trinajstić information content (AvgIpc) is 2.85. The van der Waals surface area contributed by atoms with Crippen molar-refractivity contribution in [2.24, 2.45) is 0 Å². The molecule has 0 aromatic heterocycles. The number of amides is 1. The Balaban J connectivity index is 1.92. The van der Waals surface area contributed by atoms with Crippen molar-refractivity contribution in [1.29, 1.82) is 0 Å². The van der Waals surface area contributed by atoms with Gasteiger partial charge in [0.05, 0.1) is 9.38 Å². The van der Waals surface area contributed by atoms with Gasteiger partial charge in [-0.2, -0.15) is 0 Å². The van der Waals surface area contributed by atoms with Crippen LogP contribution in [-0.2, 0) is 11.4 Å². The minimum absolute atomic E-state index is 0.213. The number of carbonyl (C=O) groups excluding carboxylic acids is 1. The highest BCUT2D eigenvalue weighted by Crippen LogP contribution is 2.36. The van der Waals surface area contributed by atoms with E-state index >= 15 is 0 Å². The zero-order valence-electron chi connectivity index (χ0n) is 12.2. The van der Waals surface area contributed by atoms with E-state index in [1.54, 1.807) is 18.2 Å². The van der Waals surface area contributed by atoms with Crippen LogP contribution in [0.3, 0.4) is 0 Å². The molecular weight excluding hydrogens is 430 g/mol. The predicted molar refractivity (Wildman–Crippen MR) is 106 cm³/mol. The molecule has 2 aromatic rings. The lowest BCUT2D eigenvalue weighted by molar-refractivity contribution is -0.115. The van der Waals surface area contributed by atoms with Crippen LogP contribution in [0.15, 0.2) is 51.8 Å². The molecule has 0 aliphatic carbocycles. The first kappa shape index (κ1) is 17.5. The third-order valence-electron chi connectivity index (χ3n) is 3.19. The topological polar surface area (TPSA) is 38.3 Å². The summed E-state index contributed by atoms with van der Waals surface area (Å²) < 4.78 is 7.13. The first-order valence-electron chi connectivity index (χ1n) is 6.93. The van der Waals surface area contributed by atoms with E-state index in [1.807, 2.05) is 30.3 Å². The summed E-state index contributed by atoms with van der Waals surface area (Å²) in [4.78, 5) is 12.4. The smallest absolute Gasteiger partial charge is 0.263 e. The van der Waals surface area contributed by atoms with Gasteiger partial charge in [0.15, 0.2) is 0 Å². The lowest BCUT2D eigenvalue weighted by atomic mass is 10.1. The predicted octanol–water partition coefficient (Wildman–Crippen LogP) is 5.17. The SMILES string of the molecule is O=C1NC(=S)SC1=Cc1cc(Cl)cc(Br)c1OCc1ccccc1. The number of nitrogens with one attached hydrogen (secondary N) is 1. The number of halogens is 2. The Kier molecular flexibility index (Phi) is 5.61. The maximum absolute atomic E-state index is 11.9. The largest absolute Gasteiger partial charge is 0.487 e. The van der Waals surface area contributed by atoms with Gasteiger partial charge in [0.1, 0.15) is 16.7 Å². The summed E-state index contributed by atoms with van der Waals surface area (Å²) in [7, 11) is 0. The number of hydrogen-bond donors (Lipinski definition) is 1. The van der Waals surface area contributed by atoms with Crippen LogP contribution >= 0.6 is 51.5 Å². The van der Waals surface area contributed by atoms with Crippen LogP contribution in [0.4, 0.5) is 0 Å². The molecule has 1 aliphatic heterocycles. The van der Waals surface area contributed by atoms with Crippen molar-refractivity contribution >= 4 is 67.8 Å². The van der Waals surface area contributed by atoms with Crippen LogP contribution in [-0.4, -0.2) is 10.2 Å². The van der Waals surface area contributed by atoms with Gasteiger partial charge in [0, 0.05) is 10.6 Å². The minimum Gasteiger partial charge on any atom is -0.487 e. The Morgan fingerprint density at radius 3 is 2.71 bits per heavy atom. The molecule has 3 nitrogen and oxygen atoms in total. The zero-order valence-corrected chi connectivity index (χ0v) is 16.2. The number of ether oxygens (including phenoxy) is 1. The fourth-order valence-corrected chi connectivity index (χ4v) is 4.12. The van der Waals surface area contributed by atoms with E-state index in [-0.39, 0.29) is 5.91 Å². The first-order valence-corrected chi connectivity index (χ1v) is 9.33. The van der Waals surface area contributed by atoms with E-state index in [0.29, 0.717) is 32.2 Å². The highest BCUT2D eigenvalue weighted by atomic mass is 79.9. The van der Waals surface area contributed by atoms with Crippen molar-refractivity contribution in [3.63, 3.8) is 0 Å². The van der Waals surface area contributed by atoms with Crippen molar-refractivity contribution in [3.05, 3.63) is 68.0 Å². The molecule has 0 unspecified atom stereocenters. The average molecular weight is 441 g/mol. The van der Waals surface area contributed by atoms with Gasteiger partial charge in [-0.3, -0.25) is 4.79 Å². The van der Waals surface area contributed by atoms with Gasteiger partial charge in [0.25, 0.3) is 5.91 Å². The number of benzene rings is 2. The second-order valence-corrected chi connectivity index (χ2v) is 7.94. The quantitative estimate of drug-likeness (QED) is 0.526. The molecule has 1 aliphatic rings. The zero-order chi connectivity index (χ0) is 17.1. The highest BCUT2D eigenvalue weighted by molar-refractivity contribution is 9.10. The van der Waals surface area contributed by atoms with Crippen molar-refractivity contribution in [1.82, 2.24) is 5.32 Å². The summed E-state index contributed by atoms with van der Waals surface area (Å²) in [6, 6.07) is 13.4. The van der Waals surface area contributed by atoms with Crippen molar-refractivity contribution in [2.75, 3.05) is 0 Å². The summed E-state index contributed by atoms with van der Waals surface area (Å²) in [6.45, 7) is 0.412. The molecule has 1 heterocycles. The molecule has 3 rings (SSSR count). The fraction of sp³-hybridized carbons (Fsp3) is 0.0588. The van der Waals surface area contributed by atoms with Crippen LogP contribution in [0.1, 0.15) is 11.1 Å². The summed E-state index contributed by atoms with van der Waals surface area (Å²) in [6.07, 6.45) is 1.73. The maximum atomic E-state index is 11.9. The Hall–Kier alpha value is -1.34. The summed E-state index contributed by atoms with van der Waals surface area (Å²) in [5.41, 5.74) is 1.76. The summed E-state index contributed by atoms with van der Waals surface area (Å²) in [5.74, 6) is 0.414. The van der Waals surface area contributed by atoms with Crippen LogP contribution in [0.25, 0.3) is 6.08 Å². The third-order valence-corrected chi connectivity index (χ3v) is 5.16. The summed E-state index contributed by atoms with van der Waals surface area (Å²) in [5, 5.41) is 3.14. The number of thiocarbonyl (C=S) groups is 1. The van der Waals surface area contributed by atoms with Crippen molar-refractivity contribution in [2.45, 2.75) is 6.61 Å². The number of carbonyl (C=O) groups is 1. The molecule has 1 N–H and O–H groups in total. The molecule has 2 aromatic carbocycles. The third kappa shape index (κ3) is 4.19. The lowest BCUT2D eigenvalue weighted by Gasteiger charge is -2.12. The highest BCUT2D eigenvalue weighted by Gasteiger charge is 2.23. The van der Waals surface area contributed by atoms with E-state index in [2.05, 4.69) is 21.2 Å². The van der Waals surface area contributed by atoms with E-state index in [4.69, 9.17) is 28.6 Å². The van der Waals surface area contributed by atoms with Crippen LogP contribution in [0.2, 0.25) is 5.02 Å². The fourth-order valence-electron chi connectivity index (χ4n) is 2.13. The van der Waals surface area contributed by atoms with Crippen LogP contribution in [0.5, 0.6) is 5.75 Å². The minimum atomic E-state index is -0.213. The second kappa shape index (κ2) is 7.70. The molecule has 0 atom stereocenters. The molecule has 7 heteroatoms. The molecule has 0 spiro atoms. The van der Waals surface area contributed by atoms with E-state index < -0.39 is 0 Å². The molecule has 1 saturated heterocycles. The van der Waals surface area contributed by atoms with Gasteiger partial charge in [-0.15, -0.1) is 0 Å². The van der Waals surface area contributed by atoms with E-state index in [9.17, 15) is 4.79 Å². The van der Waals surface area contributed by atoms with Gasteiger partial charge in [0.2, 0.25) is 0 Å². The monoisotopic (exact) mass is 439 g/mol. The molecule has 1 fully saturated rings. The van der Waals surface area contributed by atoms with Gasteiger partial charge in [-0.25, -0.2) is 0 Å². The Bertz CT molecular complexity index is 840. The first-order chi connectivity index (χ1) is 11.5. The molecule has 24 heavy (non-hydrogen) atoms. The molecule has 0 bridgehead atoms. The maximum Gasteiger partial charge on any atom is 0.263 e. The normalized spacial score (nSPS) is 15.7. The van der Waals surface area contributed by atoms with E-state index in [1.165, 1.54) is 11.8 Å². The molecule has 0 radical (unpaired) electrons. The van der Waals surface area contributed by atoms with E-state index in [0.717, 1.165) is 10.0 Å². The summed E-state index contributed by atoms with van der Waals surface area (Å²) >= 11 is 15.9. The van der Waals surface area contributed by atoms with Gasteiger partial charge >= 0.3 is 0 Å². The molecule has 122 valence electrons. The van der Waals surface area contributed by atoms with Gasteiger partial charge in [-0.05, 0) is 39.7 Å². The second-order valence-electron chi connectivity index (χ2n) is 4.93. The van der Waals surface area contributed by atoms with Gasteiger partial charge < -0.3 is 10.1 Å². The van der Waals surface area contributed by atoms with Crippen LogP contribution in [0, 0.1) is 0 Å². The van der Waals surface area contributed by atoms with Gasteiger partial charge in [-0.1, -0.05) is 65.9 Å². The van der Waals surface area contributed by atoms with Crippen molar-refractivity contribution < 1.29 is 9.53 Å². The Labute approximate surface area is 162 Å². The lowest BCUT2D eigenvalue weighted by Crippen LogP contribution is -2.17. The number of thioether (sulfide) groups is 1. The number of hydrogen-bond acceptors (Lipinski definition) is 4.